The van der Waals surface area contributed by atoms with Crippen LogP contribution in [0, 0.1) is 10.1 Å². The molecule has 94 valence electrons. The topological polar surface area (TPSA) is 70.2 Å². The minimum Gasteiger partial charge on any atom is -0.485 e. The first-order chi connectivity index (χ1) is 8.58. The number of rotatable bonds is 4. The van der Waals surface area contributed by atoms with Crippen LogP contribution in [0.25, 0.3) is 0 Å². The van der Waals surface area contributed by atoms with Crippen molar-refractivity contribution in [1.82, 2.24) is 9.55 Å². The Kier molecular flexibility index (Phi) is 3.47. The molecule has 0 amide bonds. The molecule has 0 aliphatic rings. The monoisotopic (exact) mass is 267 g/mol. The summed E-state index contributed by atoms with van der Waals surface area (Å²) in [6, 6.07) is 4.08. The molecule has 1 aromatic carbocycles. The second kappa shape index (κ2) is 5.05. The van der Waals surface area contributed by atoms with Gasteiger partial charge in [-0.15, -0.1) is 0 Å². The van der Waals surface area contributed by atoms with Crippen LogP contribution in [0.4, 0.5) is 5.69 Å². The number of nitro benzene ring substituents is 1. The number of nitro groups is 1. The first-order valence-electron chi connectivity index (χ1n) is 5.10. The molecule has 0 aliphatic carbocycles. The summed E-state index contributed by atoms with van der Waals surface area (Å²) >= 11 is 5.91. The van der Waals surface area contributed by atoms with E-state index in [4.69, 9.17) is 16.3 Å². The lowest BCUT2D eigenvalue weighted by Crippen LogP contribution is -2.01. The smallest absolute Gasteiger partial charge is 0.273 e. The van der Waals surface area contributed by atoms with Crippen LogP contribution in [0.2, 0.25) is 5.02 Å². The quantitative estimate of drug-likeness (QED) is 0.630. The molecular formula is C11H10ClN3O3. The predicted octanol–water partition coefficient (Wildman–Crippen LogP) is 2.56. The number of benzene rings is 1. The Morgan fingerprint density at radius 3 is 2.94 bits per heavy atom. The Morgan fingerprint density at radius 1 is 1.56 bits per heavy atom. The van der Waals surface area contributed by atoms with Crippen LogP contribution in [0.5, 0.6) is 5.75 Å². The molecule has 2 rings (SSSR count). The van der Waals surface area contributed by atoms with Crippen LogP contribution in [-0.4, -0.2) is 14.5 Å². The number of hydrogen-bond donors (Lipinski definition) is 0. The number of aryl methyl sites for hydroxylation is 1. The predicted molar refractivity (Wildman–Crippen MR) is 65.6 cm³/mol. The normalized spacial score (nSPS) is 10.3. The summed E-state index contributed by atoms with van der Waals surface area (Å²) < 4.78 is 7.25. The number of aromatic nitrogens is 2. The molecule has 0 unspecified atom stereocenters. The van der Waals surface area contributed by atoms with E-state index in [1.54, 1.807) is 17.1 Å². The number of nitrogens with zero attached hydrogens (tertiary/aromatic N) is 3. The third-order valence-electron chi connectivity index (χ3n) is 2.42. The molecule has 1 aromatic heterocycles. The second-order valence-corrected chi connectivity index (χ2v) is 4.06. The van der Waals surface area contributed by atoms with Crippen LogP contribution in [0.3, 0.4) is 0 Å². The lowest BCUT2D eigenvalue weighted by atomic mass is 10.3. The van der Waals surface area contributed by atoms with E-state index < -0.39 is 4.92 Å². The van der Waals surface area contributed by atoms with Gasteiger partial charge in [0.15, 0.2) is 0 Å². The van der Waals surface area contributed by atoms with Crippen molar-refractivity contribution in [2.24, 2.45) is 7.05 Å². The third-order valence-corrected chi connectivity index (χ3v) is 2.73. The fourth-order valence-corrected chi connectivity index (χ4v) is 1.56. The second-order valence-electron chi connectivity index (χ2n) is 3.66. The SMILES string of the molecule is Cn1cncc1COc1cc([N+](=O)[O-])ccc1Cl. The molecular weight excluding hydrogens is 258 g/mol. The van der Waals surface area contributed by atoms with Gasteiger partial charge >= 0.3 is 0 Å². The molecule has 1 heterocycles. The van der Waals surface area contributed by atoms with Crippen LogP contribution in [0.1, 0.15) is 5.69 Å². The van der Waals surface area contributed by atoms with E-state index in [1.165, 1.54) is 18.2 Å². The minimum absolute atomic E-state index is 0.0561. The fourth-order valence-electron chi connectivity index (χ4n) is 1.39. The maximum absolute atomic E-state index is 10.6. The Bertz CT molecular complexity index is 583. The van der Waals surface area contributed by atoms with Gasteiger partial charge in [-0.3, -0.25) is 10.1 Å². The largest absolute Gasteiger partial charge is 0.485 e. The molecule has 0 atom stereocenters. The average molecular weight is 268 g/mol. The first-order valence-corrected chi connectivity index (χ1v) is 5.47. The summed E-state index contributed by atoms with van der Waals surface area (Å²) in [5.74, 6) is 0.284. The molecule has 6 nitrogen and oxygen atoms in total. The lowest BCUT2D eigenvalue weighted by molar-refractivity contribution is -0.384. The van der Waals surface area contributed by atoms with Crippen molar-refractivity contribution in [3.63, 3.8) is 0 Å². The maximum Gasteiger partial charge on any atom is 0.273 e. The number of ether oxygens (including phenoxy) is 1. The molecule has 0 fully saturated rings. The highest BCUT2D eigenvalue weighted by Gasteiger charge is 2.11. The Hall–Kier alpha value is -2.08. The molecule has 2 aromatic rings. The van der Waals surface area contributed by atoms with Crippen molar-refractivity contribution in [3.05, 3.63) is 51.6 Å². The maximum atomic E-state index is 10.6. The molecule has 0 saturated carbocycles. The van der Waals surface area contributed by atoms with Crippen LogP contribution < -0.4 is 4.74 Å². The van der Waals surface area contributed by atoms with Crippen molar-refractivity contribution in [3.8, 4) is 5.75 Å². The Morgan fingerprint density at radius 2 is 2.33 bits per heavy atom. The Balaban J connectivity index is 2.16. The highest BCUT2D eigenvalue weighted by Crippen LogP contribution is 2.29. The van der Waals surface area contributed by atoms with Gasteiger partial charge in [-0.05, 0) is 6.07 Å². The van der Waals surface area contributed by atoms with Crippen LogP contribution >= 0.6 is 11.6 Å². The van der Waals surface area contributed by atoms with Gasteiger partial charge in [0.2, 0.25) is 0 Å². The molecule has 0 bridgehead atoms. The summed E-state index contributed by atoms with van der Waals surface area (Å²) in [5, 5.41) is 11.0. The van der Waals surface area contributed by atoms with Gasteiger partial charge in [-0.25, -0.2) is 4.98 Å². The van der Waals surface area contributed by atoms with E-state index in [2.05, 4.69) is 4.98 Å². The molecule has 18 heavy (non-hydrogen) atoms. The van der Waals surface area contributed by atoms with E-state index >= 15 is 0 Å². The number of halogens is 1. The summed E-state index contributed by atoms with van der Waals surface area (Å²) in [6.07, 6.45) is 3.30. The van der Waals surface area contributed by atoms with Crippen molar-refractivity contribution in [2.75, 3.05) is 0 Å². The van der Waals surface area contributed by atoms with Gasteiger partial charge in [0, 0.05) is 13.1 Å². The van der Waals surface area contributed by atoms with Gasteiger partial charge in [-0.2, -0.15) is 0 Å². The van der Waals surface area contributed by atoms with Gasteiger partial charge < -0.3 is 9.30 Å². The average Bonchev–Trinajstić information content (AvgIpc) is 2.73. The summed E-state index contributed by atoms with van der Waals surface area (Å²) in [5.41, 5.74) is 0.789. The molecule has 0 aliphatic heterocycles. The minimum atomic E-state index is -0.493. The van der Waals surface area contributed by atoms with Gasteiger partial charge in [-0.1, -0.05) is 11.6 Å². The van der Waals surface area contributed by atoms with E-state index in [0.717, 1.165) is 5.69 Å². The summed E-state index contributed by atoms with van der Waals surface area (Å²) in [7, 11) is 1.83. The highest BCUT2D eigenvalue weighted by atomic mass is 35.5. The fraction of sp³-hybridized carbons (Fsp3) is 0.182. The zero-order valence-corrected chi connectivity index (χ0v) is 10.3. The molecule has 7 heteroatoms. The van der Waals surface area contributed by atoms with E-state index in [0.29, 0.717) is 5.02 Å². The molecule has 0 spiro atoms. The zero-order chi connectivity index (χ0) is 13.1. The summed E-state index contributed by atoms with van der Waals surface area (Å²) in [6.45, 7) is 0.247. The highest BCUT2D eigenvalue weighted by molar-refractivity contribution is 6.32. The summed E-state index contributed by atoms with van der Waals surface area (Å²) in [4.78, 5) is 14.1. The molecule has 0 saturated heterocycles. The van der Waals surface area contributed by atoms with Crippen molar-refractivity contribution in [1.29, 1.82) is 0 Å². The molecule has 0 radical (unpaired) electrons. The van der Waals surface area contributed by atoms with Crippen molar-refractivity contribution in [2.45, 2.75) is 6.61 Å². The number of hydrogen-bond acceptors (Lipinski definition) is 4. The van der Waals surface area contributed by atoms with Crippen LogP contribution in [0.15, 0.2) is 30.7 Å². The first kappa shape index (κ1) is 12.4. The van der Waals surface area contributed by atoms with Crippen LogP contribution in [-0.2, 0) is 13.7 Å². The van der Waals surface area contributed by atoms with E-state index in [-0.39, 0.29) is 18.0 Å². The zero-order valence-electron chi connectivity index (χ0n) is 9.54. The van der Waals surface area contributed by atoms with Crippen molar-refractivity contribution >= 4 is 17.3 Å². The van der Waals surface area contributed by atoms with Crippen molar-refractivity contribution < 1.29 is 9.66 Å². The number of imidazole rings is 1. The van der Waals surface area contributed by atoms with E-state index in [9.17, 15) is 10.1 Å². The molecule has 0 N–H and O–H groups in total. The Labute approximate surface area is 108 Å². The third kappa shape index (κ3) is 2.60. The van der Waals surface area contributed by atoms with Gasteiger partial charge in [0.1, 0.15) is 12.4 Å². The van der Waals surface area contributed by atoms with E-state index in [1.807, 2.05) is 7.05 Å². The number of non-ortho nitro benzene ring substituents is 1. The van der Waals surface area contributed by atoms with Gasteiger partial charge in [0.05, 0.1) is 34.2 Å². The van der Waals surface area contributed by atoms with Gasteiger partial charge in [0.25, 0.3) is 5.69 Å². The lowest BCUT2D eigenvalue weighted by Gasteiger charge is -2.07. The standard InChI is InChI=1S/C11H10ClN3O3/c1-14-7-13-5-9(14)6-18-11-4-8(15(16)17)2-3-10(11)12/h2-5,7H,6H2,1H3.